The predicted octanol–water partition coefficient (Wildman–Crippen LogP) is 5.78. The quantitative estimate of drug-likeness (QED) is 0.186. The molecule has 0 radical (unpaired) electrons. The van der Waals surface area contributed by atoms with Crippen molar-refractivity contribution in [1.29, 1.82) is 0 Å². The molecule has 6 rings (SSSR count). The number of anilines is 1. The lowest BCUT2D eigenvalue weighted by atomic mass is 10.00. The molecule has 0 unspecified atom stereocenters. The Morgan fingerprint density at radius 3 is 2.52 bits per heavy atom. The zero-order valence-corrected chi connectivity index (χ0v) is 24.7. The van der Waals surface area contributed by atoms with Gasteiger partial charge in [-0.05, 0) is 48.9 Å². The SMILES string of the molecule is COC(=O)CC[C@@H]1N=C(c2ccccc2F)c2cc(Cl)ccc2-n2c(SCN3CCN(c4ccccc4)CC3)nnc21. The summed E-state index contributed by atoms with van der Waals surface area (Å²) in [7, 11) is 1.36. The number of carbonyl (C=O) groups is 1. The van der Waals surface area contributed by atoms with Gasteiger partial charge >= 0.3 is 5.97 Å². The summed E-state index contributed by atoms with van der Waals surface area (Å²) in [4.78, 5) is 21.9. The van der Waals surface area contributed by atoms with Gasteiger partial charge in [0.05, 0.1) is 24.4 Å². The molecule has 3 heterocycles. The number of benzene rings is 3. The summed E-state index contributed by atoms with van der Waals surface area (Å²) in [5, 5.41) is 10.3. The zero-order valence-electron chi connectivity index (χ0n) is 23.1. The van der Waals surface area contributed by atoms with E-state index in [1.807, 2.05) is 16.7 Å². The second kappa shape index (κ2) is 12.6. The van der Waals surface area contributed by atoms with E-state index in [-0.39, 0.29) is 12.4 Å². The molecule has 8 nitrogen and oxygen atoms in total. The number of fused-ring (bicyclic) bond motifs is 3. The number of aliphatic imine (C=N–C) groups is 1. The van der Waals surface area contributed by atoms with Crippen LogP contribution in [0.15, 0.2) is 82.9 Å². The van der Waals surface area contributed by atoms with Crippen molar-refractivity contribution >= 4 is 40.7 Å². The molecule has 0 bridgehead atoms. The maximum atomic E-state index is 15.2. The van der Waals surface area contributed by atoms with Crippen LogP contribution in [0.3, 0.4) is 0 Å². The number of ether oxygens (including phenoxy) is 1. The van der Waals surface area contributed by atoms with Crippen LogP contribution in [0.2, 0.25) is 5.02 Å². The molecule has 1 saturated heterocycles. The van der Waals surface area contributed by atoms with Crippen LogP contribution >= 0.6 is 23.4 Å². The lowest BCUT2D eigenvalue weighted by molar-refractivity contribution is -0.140. The van der Waals surface area contributed by atoms with Gasteiger partial charge in [-0.3, -0.25) is 19.3 Å². The van der Waals surface area contributed by atoms with Gasteiger partial charge in [0.1, 0.15) is 11.9 Å². The van der Waals surface area contributed by atoms with E-state index in [0.29, 0.717) is 39.3 Å². The minimum atomic E-state index is -0.554. The number of nitrogens with zero attached hydrogens (tertiary/aromatic N) is 6. The minimum Gasteiger partial charge on any atom is -0.469 e. The van der Waals surface area contributed by atoms with Gasteiger partial charge in [0, 0.05) is 54.4 Å². The summed E-state index contributed by atoms with van der Waals surface area (Å²) >= 11 is 8.07. The Kier molecular flexibility index (Phi) is 8.55. The minimum absolute atomic E-state index is 0.132. The number of esters is 1. The van der Waals surface area contributed by atoms with Crippen LogP contribution in [-0.2, 0) is 9.53 Å². The maximum absolute atomic E-state index is 15.2. The Morgan fingerprint density at radius 1 is 1.00 bits per heavy atom. The first-order chi connectivity index (χ1) is 20.5. The Balaban J connectivity index is 1.31. The summed E-state index contributed by atoms with van der Waals surface area (Å²) in [6.45, 7) is 3.74. The Hall–Kier alpha value is -3.73. The number of halogens is 2. The van der Waals surface area contributed by atoms with Crippen LogP contribution in [0.5, 0.6) is 0 Å². The Labute approximate surface area is 253 Å². The molecule has 1 aromatic heterocycles. The molecule has 216 valence electrons. The number of para-hydroxylation sites is 1. The van der Waals surface area contributed by atoms with E-state index in [9.17, 15) is 4.79 Å². The number of thioether (sulfide) groups is 1. The fraction of sp³-hybridized carbons (Fsp3) is 0.290. The third-order valence-corrected chi connectivity index (χ3v) is 8.80. The molecule has 3 aromatic carbocycles. The number of methoxy groups -OCH3 is 1. The van der Waals surface area contributed by atoms with E-state index in [0.717, 1.165) is 37.7 Å². The molecule has 2 aliphatic rings. The van der Waals surface area contributed by atoms with Crippen LogP contribution in [-0.4, -0.2) is 70.5 Å². The average Bonchev–Trinajstić information content (AvgIpc) is 3.39. The summed E-state index contributed by atoms with van der Waals surface area (Å²) in [6.07, 6.45) is 0.462. The van der Waals surface area contributed by atoms with Crippen molar-refractivity contribution in [1.82, 2.24) is 19.7 Å². The number of carbonyl (C=O) groups excluding carboxylic acids is 1. The summed E-state index contributed by atoms with van der Waals surface area (Å²) < 4.78 is 22.0. The molecule has 0 amide bonds. The first-order valence-electron chi connectivity index (χ1n) is 13.8. The standard InChI is InChI=1S/C31H30ClFN6O2S/c1-41-28(40)14-12-26-30-35-36-31(42-20-37-15-17-38(18-16-37)22-7-3-2-4-8-22)39(30)27-13-11-21(32)19-24(27)29(34-26)23-9-5-6-10-25(23)33/h2-11,13,19,26H,12,14-18,20H2,1H3/t26-/m0/s1. The normalized spacial score (nSPS) is 16.8. The van der Waals surface area contributed by atoms with Gasteiger partial charge in [0.2, 0.25) is 0 Å². The monoisotopic (exact) mass is 604 g/mol. The van der Waals surface area contributed by atoms with Crippen molar-refractivity contribution in [2.24, 2.45) is 4.99 Å². The molecule has 0 saturated carbocycles. The molecular weight excluding hydrogens is 575 g/mol. The zero-order chi connectivity index (χ0) is 29.1. The van der Waals surface area contributed by atoms with Gasteiger partial charge in [-0.1, -0.05) is 53.7 Å². The first kappa shape index (κ1) is 28.4. The van der Waals surface area contributed by atoms with Crippen molar-refractivity contribution in [2.45, 2.75) is 24.0 Å². The lowest BCUT2D eigenvalue weighted by Gasteiger charge is -2.35. The van der Waals surface area contributed by atoms with Crippen LogP contribution in [0, 0.1) is 5.82 Å². The van der Waals surface area contributed by atoms with E-state index < -0.39 is 11.9 Å². The highest BCUT2D eigenvalue weighted by Crippen LogP contribution is 2.37. The van der Waals surface area contributed by atoms with E-state index in [4.69, 9.17) is 21.3 Å². The third kappa shape index (κ3) is 5.92. The Morgan fingerprint density at radius 2 is 1.76 bits per heavy atom. The van der Waals surface area contributed by atoms with E-state index in [1.54, 1.807) is 42.1 Å². The van der Waals surface area contributed by atoms with E-state index >= 15 is 4.39 Å². The number of aromatic nitrogens is 3. The Bertz CT molecular complexity index is 1610. The fourth-order valence-corrected chi connectivity index (χ4v) is 6.48. The number of hydrogen-bond acceptors (Lipinski definition) is 8. The topological polar surface area (TPSA) is 75.8 Å². The highest BCUT2D eigenvalue weighted by atomic mass is 35.5. The molecule has 1 atom stereocenters. The molecule has 0 spiro atoms. The third-order valence-electron chi connectivity index (χ3n) is 7.54. The first-order valence-corrected chi connectivity index (χ1v) is 15.2. The summed E-state index contributed by atoms with van der Waals surface area (Å²) in [5.74, 6) is 0.580. The van der Waals surface area contributed by atoms with E-state index in [2.05, 4.69) is 44.3 Å². The van der Waals surface area contributed by atoms with Gasteiger partial charge < -0.3 is 9.64 Å². The molecule has 4 aromatic rings. The predicted molar refractivity (Wildman–Crippen MR) is 163 cm³/mol. The summed E-state index contributed by atoms with van der Waals surface area (Å²) in [5.41, 5.74) is 3.49. The highest BCUT2D eigenvalue weighted by Gasteiger charge is 2.31. The van der Waals surface area contributed by atoms with Crippen molar-refractivity contribution < 1.29 is 13.9 Å². The molecule has 11 heteroatoms. The van der Waals surface area contributed by atoms with Crippen molar-refractivity contribution in [3.05, 3.63) is 101 Å². The molecule has 0 aliphatic carbocycles. The molecular formula is C31H30ClFN6O2S. The van der Waals surface area contributed by atoms with E-state index in [1.165, 1.54) is 18.9 Å². The van der Waals surface area contributed by atoms with Crippen LogP contribution < -0.4 is 4.90 Å². The maximum Gasteiger partial charge on any atom is 0.305 e. The van der Waals surface area contributed by atoms with Crippen LogP contribution in [0.1, 0.15) is 35.8 Å². The van der Waals surface area contributed by atoms with Crippen LogP contribution in [0.25, 0.3) is 5.69 Å². The highest BCUT2D eigenvalue weighted by molar-refractivity contribution is 7.99. The second-order valence-corrected chi connectivity index (χ2v) is 11.5. The fourth-order valence-electron chi connectivity index (χ4n) is 5.33. The van der Waals surface area contributed by atoms with Gasteiger partial charge in [-0.2, -0.15) is 0 Å². The van der Waals surface area contributed by atoms with Crippen molar-refractivity contribution in [2.75, 3.05) is 44.1 Å². The number of rotatable bonds is 8. The van der Waals surface area contributed by atoms with Gasteiger partial charge in [-0.15, -0.1) is 10.2 Å². The lowest BCUT2D eigenvalue weighted by Crippen LogP contribution is -2.46. The smallest absolute Gasteiger partial charge is 0.305 e. The average molecular weight is 605 g/mol. The number of hydrogen-bond donors (Lipinski definition) is 0. The van der Waals surface area contributed by atoms with Crippen molar-refractivity contribution in [3.63, 3.8) is 0 Å². The molecule has 0 N–H and O–H groups in total. The van der Waals surface area contributed by atoms with Crippen LogP contribution in [0.4, 0.5) is 10.1 Å². The summed E-state index contributed by atoms with van der Waals surface area (Å²) in [6, 6.07) is 21.9. The molecule has 2 aliphatic heterocycles. The molecule has 42 heavy (non-hydrogen) atoms. The van der Waals surface area contributed by atoms with Gasteiger partial charge in [0.15, 0.2) is 11.0 Å². The largest absolute Gasteiger partial charge is 0.469 e. The number of piperazine rings is 1. The molecule has 1 fully saturated rings. The van der Waals surface area contributed by atoms with Crippen molar-refractivity contribution in [3.8, 4) is 5.69 Å². The van der Waals surface area contributed by atoms with Gasteiger partial charge in [-0.25, -0.2) is 4.39 Å². The second-order valence-electron chi connectivity index (χ2n) is 10.1. The van der Waals surface area contributed by atoms with Gasteiger partial charge in [0.25, 0.3) is 0 Å².